The van der Waals surface area contributed by atoms with Gasteiger partial charge in [-0.05, 0) is 42.5 Å². The lowest BCUT2D eigenvalue weighted by molar-refractivity contribution is 0.101. The average molecular weight is 377 g/mol. The average Bonchev–Trinajstić information content (AvgIpc) is 3.00. The third kappa shape index (κ3) is 3.99. The Morgan fingerprint density at radius 3 is 2.60 bits per heavy atom. The number of nitrogens with zero attached hydrogens (tertiary/aromatic N) is 3. The van der Waals surface area contributed by atoms with E-state index in [1.54, 1.807) is 53.2 Å². The van der Waals surface area contributed by atoms with Crippen molar-refractivity contribution in [3.63, 3.8) is 0 Å². The molecule has 0 aliphatic rings. The lowest BCUT2D eigenvalue weighted by Crippen LogP contribution is -2.16. The fourth-order valence-electron chi connectivity index (χ4n) is 2.29. The first-order chi connectivity index (χ1) is 12.1. The van der Waals surface area contributed by atoms with Crippen LogP contribution in [-0.2, 0) is 11.3 Å². The molecule has 8 heteroatoms. The first-order valence-electron chi connectivity index (χ1n) is 7.35. The van der Waals surface area contributed by atoms with Crippen LogP contribution in [0.5, 0.6) is 0 Å². The summed E-state index contributed by atoms with van der Waals surface area (Å²) >= 11 is 11.9. The van der Waals surface area contributed by atoms with Gasteiger partial charge >= 0.3 is 0 Å². The predicted octanol–water partition coefficient (Wildman–Crippen LogP) is 3.97. The number of halogens is 2. The number of rotatable bonds is 5. The molecule has 0 radical (unpaired) electrons. The van der Waals surface area contributed by atoms with E-state index in [2.05, 4.69) is 15.6 Å². The molecule has 0 aliphatic heterocycles. The van der Waals surface area contributed by atoms with Crippen molar-refractivity contribution in [1.29, 1.82) is 0 Å². The molecule has 1 N–H and O–H groups in total. The largest absolute Gasteiger partial charge is 0.378 e. The fraction of sp³-hybridized carbons (Fsp3) is 0.118. The molecule has 0 saturated carbocycles. The Labute approximate surface area is 154 Å². The molecule has 0 atom stereocenters. The van der Waals surface area contributed by atoms with E-state index >= 15 is 0 Å². The van der Waals surface area contributed by atoms with Crippen molar-refractivity contribution in [2.45, 2.75) is 6.61 Å². The molecule has 128 valence electrons. The number of aromatic nitrogens is 3. The molecule has 0 spiro atoms. The highest BCUT2D eigenvalue weighted by Gasteiger charge is 2.20. The summed E-state index contributed by atoms with van der Waals surface area (Å²) in [5, 5.41) is 12.0. The predicted molar refractivity (Wildman–Crippen MR) is 96.5 cm³/mol. The van der Waals surface area contributed by atoms with Gasteiger partial charge in [-0.1, -0.05) is 34.5 Å². The molecular weight excluding hydrogens is 363 g/mol. The quantitative estimate of drug-likeness (QED) is 0.731. The van der Waals surface area contributed by atoms with Gasteiger partial charge < -0.3 is 10.1 Å². The minimum Gasteiger partial charge on any atom is -0.378 e. The summed E-state index contributed by atoms with van der Waals surface area (Å²) in [6, 6.07) is 13.9. The molecule has 3 rings (SSSR count). The fourth-order valence-corrected chi connectivity index (χ4v) is 2.61. The zero-order valence-corrected chi connectivity index (χ0v) is 14.8. The lowest BCUT2D eigenvalue weighted by atomic mass is 10.2. The van der Waals surface area contributed by atoms with Crippen LogP contribution in [-0.4, -0.2) is 28.0 Å². The summed E-state index contributed by atoms with van der Waals surface area (Å²) in [6.07, 6.45) is 0. The van der Waals surface area contributed by atoms with Gasteiger partial charge in [-0.2, -0.15) is 0 Å². The maximum atomic E-state index is 12.6. The van der Waals surface area contributed by atoms with Crippen LogP contribution in [0.4, 0.5) is 5.69 Å². The maximum Gasteiger partial charge on any atom is 0.278 e. The highest BCUT2D eigenvalue weighted by molar-refractivity contribution is 6.31. The van der Waals surface area contributed by atoms with Gasteiger partial charge in [0, 0.05) is 22.8 Å². The highest BCUT2D eigenvalue weighted by Crippen LogP contribution is 2.19. The number of anilines is 1. The zero-order chi connectivity index (χ0) is 17.8. The van der Waals surface area contributed by atoms with Gasteiger partial charge in [0.2, 0.25) is 0 Å². The summed E-state index contributed by atoms with van der Waals surface area (Å²) in [5.41, 5.74) is 2.01. The summed E-state index contributed by atoms with van der Waals surface area (Å²) in [5.74, 6) is -0.394. The highest BCUT2D eigenvalue weighted by atomic mass is 35.5. The molecule has 1 heterocycles. The van der Waals surface area contributed by atoms with Crippen LogP contribution in [0.3, 0.4) is 0 Å². The van der Waals surface area contributed by atoms with E-state index in [0.717, 1.165) is 5.69 Å². The monoisotopic (exact) mass is 376 g/mol. The first kappa shape index (κ1) is 17.4. The zero-order valence-electron chi connectivity index (χ0n) is 13.2. The van der Waals surface area contributed by atoms with Crippen LogP contribution in [0.25, 0.3) is 5.69 Å². The lowest BCUT2D eigenvalue weighted by Gasteiger charge is -2.08. The molecule has 0 aliphatic carbocycles. The van der Waals surface area contributed by atoms with E-state index in [1.807, 2.05) is 0 Å². The Balaban J connectivity index is 1.93. The van der Waals surface area contributed by atoms with Crippen LogP contribution >= 0.6 is 23.2 Å². The van der Waals surface area contributed by atoms with Gasteiger partial charge in [0.05, 0.1) is 12.3 Å². The van der Waals surface area contributed by atoms with Gasteiger partial charge in [0.25, 0.3) is 5.91 Å². The van der Waals surface area contributed by atoms with Crippen molar-refractivity contribution in [2.75, 3.05) is 12.4 Å². The first-order valence-corrected chi connectivity index (χ1v) is 8.10. The smallest absolute Gasteiger partial charge is 0.278 e. The van der Waals surface area contributed by atoms with Crippen molar-refractivity contribution < 1.29 is 9.53 Å². The molecule has 0 fully saturated rings. The molecule has 1 amide bonds. The van der Waals surface area contributed by atoms with Gasteiger partial charge in [0.15, 0.2) is 5.69 Å². The van der Waals surface area contributed by atoms with E-state index in [0.29, 0.717) is 21.4 Å². The number of methoxy groups -OCH3 is 1. The number of hydrogen-bond donors (Lipinski definition) is 1. The van der Waals surface area contributed by atoms with Crippen LogP contribution in [0.15, 0.2) is 48.5 Å². The van der Waals surface area contributed by atoms with Crippen LogP contribution in [0, 0.1) is 0 Å². The molecule has 1 aromatic heterocycles. The van der Waals surface area contributed by atoms with Gasteiger partial charge in [-0.3, -0.25) is 4.79 Å². The number of carbonyl (C=O) groups is 1. The SMILES string of the molecule is COCc1c(C(=O)Nc2cccc(Cl)c2)nnn1-c1ccc(Cl)cc1. The minimum absolute atomic E-state index is 0.175. The van der Waals surface area contributed by atoms with Gasteiger partial charge in [-0.15, -0.1) is 5.10 Å². The summed E-state index contributed by atoms with van der Waals surface area (Å²) in [4.78, 5) is 12.6. The molecule has 6 nitrogen and oxygen atoms in total. The molecule has 25 heavy (non-hydrogen) atoms. The number of benzene rings is 2. The van der Waals surface area contributed by atoms with Crippen molar-refractivity contribution >= 4 is 34.8 Å². The van der Waals surface area contributed by atoms with Gasteiger partial charge in [-0.25, -0.2) is 4.68 Å². The van der Waals surface area contributed by atoms with Crippen molar-refractivity contribution in [3.05, 3.63) is 70.0 Å². The van der Waals surface area contributed by atoms with Crippen molar-refractivity contribution in [1.82, 2.24) is 15.0 Å². The Bertz CT molecular complexity index is 894. The van der Waals surface area contributed by atoms with Crippen molar-refractivity contribution in [2.24, 2.45) is 0 Å². The van der Waals surface area contributed by atoms with E-state index in [9.17, 15) is 4.79 Å². The number of hydrogen-bond acceptors (Lipinski definition) is 4. The topological polar surface area (TPSA) is 69.0 Å². The third-order valence-electron chi connectivity index (χ3n) is 3.41. The van der Waals surface area contributed by atoms with Crippen molar-refractivity contribution in [3.8, 4) is 5.69 Å². The van der Waals surface area contributed by atoms with Crippen LogP contribution in [0.1, 0.15) is 16.2 Å². The molecule has 0 unspecified atom stereocenters. The van der Waals surface area contributed by atoms with E-state index in [-0.39, 0.29) is 12.3 Å². The van der Waals surface area contributed by atoms with Crippen LogP contribution < -0.4 is 5.32 Å². The molecule has 3 aromatic rings. The Morgan fingerprint density at radius 2 is 1.92 bits per heavy atom. The second kappa shape index (κ2) is 7.65. The summed E-state index contributed by atoms with van der Waals surface area (Å²) < 4.78 is 6.75. The number of carbonyl (C=O) groups excluding carboxylic acids is 1. The van der Waals surface area contributed by atoms with E-state index in [4.69, 9.17) is 27.9 Å². The molecular formula is C17H14Cl2N4O2. The summed E-state index contributed by atoms with van der Waals surface area (Å²) in [6.45, 7) is 0.175. The maximum absolute atomic E-state index is 12.6. The second-order valence-electron chi connectivity index (χ2n) is 5.17. The number of amides is 1. The van der Waals surface area contributed by atoms with E-state index < -0.39 is 5.91 Å². The Hall–Kier alpha value is -2.41. The Kier molecular flexibility index (Phi) is 5.33. The normalized spacial score (nSPS) is 10.7. The standard InChI is InChI=1S/C17H14Cl2N4O2/c1-25-10-15-16(17(24)20-13-4-2-3-12(19)9-13)21-22-23(15)14-7-5-11(18)6-8-14/h2-9H,10H2,1H3,(H,20,24). The minimum atomic E-state index is -0.394. The number of nitrogens with one attached hydrogen (secondary N) is 1. The number of ether oxygens (including phenoxy) is 1. The molecule has 2 aromatic carbocycles. The summed E-state index contributed by atoms with van der Waals surface area (Å²) in [7, 11) is 1.54. The second-order valence-corrected chi connectivity index (χ2v) is 6.04. The van der Waals surface area contributed by atoms with E-state index in [1.165, 1.54) is 7.11 Å². The third-order valence-corrected chi connectivity index (χ3v) is 3.90. The molecule has 0 saturated heterocycles. The Morgan fingerprint density at radius 1 is 1.16 bits per heavy atom. The van der Waals surface area contributed by atoms with Gasteiger partial charge in [0.1, 0.15) is 5.69 Å². The molecule has 0 bridgehead atoms. The van der Waals surface area contributed by atoms with Crippen LogP contribution in [0.2, 0.25) is 10.0 Å².